The van der Waals surface area contributed by atoms with E-state index in [2.05, 4.69) is 13.8 Å². The molecule has 94 valence electrons. The van der Waals surface area contributed by atoms with Crippen molar-refractivity contribution in [1.82, 2.24) is 0 Å². The lowest BCUT2D eigenvalue weighted by Crippen LogP contribution is -2.16. The lowest BCUT2D eigenvalue weighted by Gasteiger charge is -2.18. The zero-order chi connectivity index (χ0) is 12.7. The standard InChI is InChI=1S/C14H22N2O/c1-3-5-12(6-4-2)17-13-7-8-14(16)11(9-13)10-15/h7-10,12,15H,3-6,16H2,1-2H3. The van der Waals surface area contributed by atoms with E-state index in [-0.39, 0.29) is 6.10 Å². The maximum absolute atomic E-state index is 7.27. The highest BCUT2D eigenvalue weighted by molar-refractivity contribution is 5.85. The second-order valence-electron chi connectivity index (χ2n) is 4.25. The molecule has 0 spiro atoms. The fourth-order valence-corrected chi connectivity index (χ4v) is 1.85. The van der Waals surface area contributed by atoms with Gasteiger partial charge in [0.1, 0.15) is 5.75 Å². The molecule has 1 rings (SSSR count). The summed E-state index contributed by atoms with van der Waals surface area (Å²) in [4.78, 5) is 0. The van der Waals surface area contributed by atoms with Crippen molar-refractivity contribution in [2.45, 2.75) is 45.6 Å². The number of rotatable bonds is 7. The zero-order valence-corrected chi connectivity index (χ0v) is 10.7. The van der Waals surface area contributed by atoms with E-state index in [1.165, 1.54) is 6.21 Å². The molecule has 0 bridgehead atoms. The first-order chi connectivity index (χ1) is 8.21. The van der Waals surface area contributed by atoms with Crippen LogP contribution in [0, 0.1) is 5.41 Å². The third kappa shape index (κ3) is 4.10. The fraction of sp³-hybridized carbons (Fsp3) is 0.500. The monoisotopic (exact) mass is 234 g/mol. The summed E-state index contributed by atoms with van der Waals surface area (Å²) in [5.74, 6) is 0.810. The lowest BCUT2D eigenvalue weighted by molar-refractivity contribution is 0.179. The minimum absolute atomic E-state index is 0.271. The highest BCUT2D eigenvalue weighted by Gasteiger charge is 2.09. The van der Waals surface area contributed by atoms with Gasteiger partial charge < -0.3 is 15.9 Å². The molecule has 0 aliphatic rings. The van der Waals surface area contributed by atoms with Crippen molar-refractivity contribution in [2.24, 2.45) is 0 Å². The van der Waals surface area contributed by atoms with Gasteiger partial charge in [-0.3, -0.25) is 0 Å². The van der Waals surface area contributed by atoms with Crippen molar-refractivity contribution in [3.63, 3.8) is 0 Å². The lowest BCUT2D eigenvalue weighted by atomic mass is 10.1. The molecule has 0 unspecified atom stereocenters. The van der Waals surface area contributed by atoms with Gasteiger partial charge in [0, 0.05) is 17.5 Å². The number of hydrogen-bond donors (Lipinski definition) is 2. The van der Waals surface area contributed by atoms with Crippen LogP contribution in [0.4, 0.5) is 5.69 Å². The Kier molecular flexibility index (Phi) is 5.53. The van der Waals surface area contributed by atoms with Crippen LogP contribution in [0.5, 0.6) is 5.75 Å². The van der Waals surface area contributed by atoms with Gasteiger partial charge in [-0.15, -0.1) is 0 Å². The molecule has 1 aromatic carbocycles. The van der Waals surface area contributed by atoms with E-state index in [0.29, 0.717) is 11.3 Å². The quantitative estimate of drug-likeness (QED) is 0.559. The van der Waals surface area contributed by atoms with Gasteiger partial charge in [0.25, 0.3) is 0 Å². The summed E-state index contributed by atoms with van der Waals surface area (Å²) in [7, 11) is 0. The van der Waals surface area contributed by atoms with E-state index < -0.39 is 0 Å². The molecule has 0 saturated carbocycles. The number of hydrogen-bond acceptors (Lipinski definition) is 3. The smallest absolute Gasteiger partial charge is 0.120 e. The second kappa shape index (κ2) is 6.94. The van der Waals surface area contributed by atoms with Crippen LogP contribution in [0.15, 0.2) is 18.2 Å². The molecule has 3 heteroatoms. The summed E-state index contributed by atoms with van der Waals surface area (Å²) in [5, 5.41) is 7.27. The topological polar surface area (TPSA) is 59.1 Å². The molecule has 0 aromatic heterocycles. The van der Waals surface area contributed by atoms with Crippen molar-refractivity contribution >= 4 is 11.9 Å². The van der Waals surface area contributed by atoms with Crippen LogP contribution in [-0.2, 0) is 0 Å². The molecule has 0 atom stereocenters. The molecule has 1 aromatic rings. The third-order valence-corrected chi connectivity index (χ3v) is 2.74. The molecule has 0 radical (unpaired) electrons. The Hall–Kier alpha value is -1.51. The number of nitrogen functional groups attached to an aromatic ring is 1. The van der Waals surface area contributed by atoms with Crippen LogP contribution in [0.3, 0.4) is 0 Å². The number of benzene rings is 1. The molecule has 3 nitrogen and oxygen atoms in total. The second-order valence-corrected chi connectivity index (χ2v) is 4.25. The van der Waals surface area contributed by atoms with Gasteiger partial charge in [-0.1, -0.05) is 26.7 Å². The van der Waals surface area contributed by atoms with Crippen LogP contribution >= 0.6 is 0 Å². The molecular formula is C14H22N2O. The summed E-state index contributed by atoms with van der Waals surface area (Å²) in [6.45, 7) is 4.33. The summed E-state index contributed by atoms with van der Waals surface area (Å²) >= 11 is 0. The maximum atomic E-state index is 7.27. The van der Waals surface area contributed by atoms with Crippen LogP contribution in [0.2, 0.25) is 0 Å². The van der Waals surface area contributed by atoms with Crippen molar-refractivity contribution in [3.8, 4) is 5.75 Å². The number of ether oxygens (including phenoxy) is 1. The molecule has 0 fully saturated rings. The Morgan fingerprint density at radius 3 is 2.47 bits per heavy atom. The molecule has 3 N–H and O–H groups in total. The number of anilines is 1. The van der Waals surface area contributed by atoms with Crippen LogP contribution in [0.25, 0.3) is 0 Å². The SMILES string of the molecule is CCCC(CCC)Oc1ccc(N)c(C=N)c1. The van der Waals surface area contributed by atoms with E-state index in [4.69, 9.17) is 15.9 Å². The van der Waals surface area contributed by atoms with Gasteiger partial charge in [0.15, 0.2) is 0 Å². The fourth-order valence-electron chi connectivity index (χ4n) is 1.85. The van der Waals surface area contributed by atoms with Crippen LogP contribution in [-0.4, -0.2) is 12.3 Å². The highest BCUT2D eigenvalue weighted by atomic mass is 16.5. The van der Waals surface area contributed by atoms with Crippen LogP contribution in [0.1, 0.15) is 45.1 Å². The molecule has 0 aliphatic carbocycles. The highest BCUT2D eigenvalue weighted by Crippen LogP contribution is 2.21. The van der Waals surface area contributed by atoms with Crippen molar-refractivity contribution in [2.75, 3.05) is 5.73 Å². The first-order valence-corrected chi connectivity index (χ1v) is 6.27. The van der Waals surface area contributed by atoms with Gasteiger partial charge in [-0.2, -0.15) is 0 Å². The van der Waals surface area contributed by atoms with Gasteiger partial charge >= 0.3 is 0 Å². The van der Waals surface area contributed by atoms with E-state index in [1.807, 2.05) is 12.1 Å². The minimum atomic E-state index is 0.271. The molecule has 0 heterocycles. The number of nitrogens with one attached hydrogen (secondary N) is 1. The molecule has 0 saturated heterocycles. The van der Waals surface area contributed by atoms with Gasteiger partial charge in [0.2, 0.25) is 0 Å². The Balaban J connectivity index is 2.74. The van der Waals surface area contributed by atoms with Crippen molar-refractivity contribution < 1.29 is 4.74 Å². The average molecular weight is 234 g/mol. The van der Waals surface area contributed by atoms with Crippen molar-refractivity contribution in [3.05, 3.63) is 23.8 Å². The van der Waals surface area contributed by atoms with Crippen molar-refractivity contribution in [1.29, 1.82) is 5.41 Å². The third-order valence-electron chi connectivity index (χ3n) is 2.74. The summed E-state index contributed by atoms with van der Waals surface area (Å²) in [6.07, 6.45) is 5.91. The molecule has 17 heavy (non-hydrogen) atoms. The summed E-state index contributed by atoms with van der Waals surface area (Å²) < 4.78 is 5.93. The molecule has 0 amide bonds. The first-order valence-electron chi connectivity index (χ1n) is 6.27. The predicted octanol–water partition coefficient (Wildman–Crippen LogP) is 3.61. The number of nitrogens with two attached hydrogens (primary N) is 1. The molecule has 0 aliphatic heterocycles. The Labute approximate surface area is 103 Å². The predicted molar refractivity (Wildman–Crippen MR) is 73.0 cm³/mol. The van der Waals surface area contributed by atoms with E-state index >= 15 is 0 Å². The molecular weight excluding hydrogens is 212 g/mol. The Morgan fingerprint density at radius 2 is 1.94 bits per heavy atom. The maximum Gasteiger partial charge on any atom is 0.120 e. The average Bonchev–Trinajstić information content (AvgIpc) is 2.32. The zero-order valence-electron chi connectivity index (χ0n) is 10.7. The van der Waals surface area contributed by atoms with E-state index in [1.54, 1.807) is 6.07 Å². The van der Waals surface area contributed by atoms with Gasteiger partial charge in [0.05, 0.1) is 6.10 Å². The van der Waals surface area contributed by atoms with Gasteiger partial charge in [-0.05, 0) is 31.0 Å². The minimum Gasteiger partial charge on any atom is -0.490 e. The van der Waals surface area contributed by atoms with Crippen LogP contribution < -0.4 is 10.5 Å². The Morgan fingerprint density at radius 1 is 1.29 bits per heavy atom. The summed E-state index contributed by atoms with van der Waals surface area (Å²) in [6, 6.07) is 5.51. The van der Waals surface area contributed by atoms with E-state index in [9.17, 15) is 0 Å². The largest absolute Gasteiger partial charge is 0.490 e. The summed E-state index contributed by atoms with van der Waals surface area (Å²) in [5.41, 5.74) is 7.08. The van der Waals surface area contributed by atoms with Gasteiger partial charge in [-0.25, -0.2) is 0 Å². The first kappa shape index (κ1) is 13.6. The Bertz CT molecular complexity index is 357. The normalized spacial score (nSPS) is 10.5. The van der Waals surface area contributed by atoms with E-state index in [0.717, 1.165) is 31.4 Å².